The first-order valence-electron chi connectivity index (χ1n) is 7.18. The molecule has 0 aromatic heterocycles. The van der Waals surface area contributed by atoms with Crippen LogP contribution in [-0.4, -0.2) is 7.11 Å². The number of methoxy groups -OCH3 is 1. The number of hydrogen-bond donors (Lipinski definition) is 0. The average molecular weight is 256 g/mol. The van der Waals surface area contributed by atoms with Gasteiger partial charge >= 0.3 is 0 Å². The van der Waals surface area contributed by atoms with Gasteiger partial charge in [-0.05, 0) is 49.1 Å². The van der Waals surface area contributed by atoms with Gasteiger partial charge in [-0.2, -0.15) is 0 Å². The molecule has 0 saturated heterocycles. The molecule has 0 heterocycles. The van der Waals surface area contributed by atoms with Crippen LogP contribution >= 0.6 is 0 Å². The first-order chi connectivity index (χ1) is 9.28. The van der Waals surface area contributed by atoms with Gasteiger partial charge in [-0.15, -0.1) is 0 Å². The summed E-state index contributed by atoms with van der Waals surface area (Å²) in [6, 6.07) is 8.68. The molecule has 1 saturated carbocycles. The summed E-state index contributed by atoms with van der Waals surface area (Å²) in [6.07, 6.45) is 10.7. The van der Waals surface area contributed by atoms with Crippen LogP contribution in [0.1, 0.15) is 36.8 Å². The van der Waals surface area contributed by atoms with Gasteiger partial charge in [0.1, 0.15) is 0 Å². The lowest BCUT2D eigenvalue weighted by atomic mass is 10.0. The molecule has 1 aromatic carbocycles. The lowest BCUT2D eigenvalue weighted by molar-refractivity contribution is 0.185. The fourth-order valence-electron chi connectivity index (χ4n) is 2.71. The molecule has 1 unspecified atom stereocenters. The summed E-state index contributed by atoms with van der Waals surface area (Å²) in [5.41, 5.74) is 4.08. The minimum absolute atomic E-state index is 0.702. The Balaban J connectivity index is 1.77. The molecule has 2 rings (SSSR count). The second-order valence-electron chi connectivity index (χ2n) is 5.47. The van der Waals surface area contributed by atoms with Crippen molar-refractivity contribution in [3.8, 4) is 0 Å². The Morgan fingerprint density at radius 2 is 2.21 bits per heavy atom. The quantitative estimate of drug-likeness (QED) is 0.672. The third-order valence-corrected chi connectivity index (χ3v) is 3.73. The van der Waals surface area contributed by atoms with E-state index in [1.807, 2.05) is 0 Å². The van der Waals surface area contributed by atoms with Crippen molar-refractivity contribution in [2.75, 3.05) is 7.11 Å². The van der Waals surface area contributed by atoms with E-state index in [4.69, 9.17) is 4.74 Å². The highest BCUT2D eigenvalue weighted by atomic mass is 16.5. The van der Waals surface area contributed by atoms with Crippen LogP contribution in [0.2, 0.25) is 0 Å². The molecule has 1 nitrogen and oxygen atoms in total. The van der Waals surface area contributed by atoms with E-state index in [2.05, 4.69) is 43.0 Å². The Morgan fingerprint density at radius 1 is 1.37 bits per heavy atom. The third kappa shape index (κ3) is 4.68. The van der Waals surface area contributed by atoms with E-state index in [1.54, 1.807) is 7.11 Å². The molecular weight excluding hydrogens is 232 g/mol. The molecule has 0 radical (unpaired) electrons. The third-order valence-electron chi connectivity index (χ3n) is 3.73. The Morgan fingerprint density at radius 3 is 2.95 bits per heavy atom. The number of rotatable bonds is 6. The summed E-state index contributed by atoms with van der Waals surface area (Å²) in [7, 11) is 1.74. The predicted octanol–water partition coefficient (Wildman–Crippen LogP) is 4.68. The second-order valence-corrected chi connectivity index (χ2v) is 5.47. The van der Waals surface area contributed by atoms with Crippen LogP contribution in [0.15, 0.2) is 48.6 Å². The smallest absolute Gasteiger partial charge is 0.0713 e. The van der Waals surface area contributed by atoms with Crippen LogP contribution in [0.4, 0.5) is 0 Å². The monoisotopic (exact) mass is 256 g/mol. The van der Waals surface area contributed by atoms with Crippen molar-refractivity contribution in [1.29, 1.82) is 0 Å². The van der Waals surface area contributed by atoms with Gasteiger partial charge in [0.05, 0.1) is 6.61 Å². The summed E-state index contributed by atoms with van der Waals surface area (Å²) in [4.78, 5) is 0. The first kappa shape index (κ1) is 14.1. The molecule has 1 aromatic rings. The van der Waals surface area contributed by atoms with Gasteiger partial charge in [-0.1, -0.05) is 48.6 Å². The maximum absolute atomic E-state index is 5.16. The zero-order valence-corrected chi connectivity index (χ0v) is 11.9. The molecule has 0 spiro atoms. The van der Waals surface area contributed by atoms with E-state index in [0.717, 1.165) is 18.8 Å². The molecule has 0 bridgehead atoms. The molecule has 1 atom stereocenters. The highest BCUT2D eigenvalue weighted by molar-refractivity contribution is 5.23. The first-order valence-corrected chi connectivity index (χ1v) is 7.18. The molecule has 1 aliphatic carbocycles. The maximum atomic E-state index is 5.16. The summed E-state index contributed by atoms with van der Waals surface area (Å²) >= 11 is 0. The second kappa shape index (κ2) is 7.30. The molecular formula is C18H24O. The number of aryl methyl sites for hydroxylation is 1. The highest BCUT2D eigenvalue weighted by Gasteiger charge is 2.14. The Kier molecular flexibility index (Phi) is 5.41. The predicted molar refractivity (Wildman–Crippen MR) is 81.1 cm³/mol. The fraction of sp³-hybridized carbons (Fsp3) is 0.444. The maximum Gasteiger partial charge on any atom is 0.0713 e. The van der Waals surface area contributed by atoms with Crippen LogP contribution in [0.5, 0.6) is 0 Å². The summed E-state index contributed by atoms with van der Waals surface area (Å²) < 4.78 is 5.16. The van der Waals surface area contributed by atoms with Crippen molar-refractivity contribution in [3.63, 3.8) is 0 Å². The molecule has 19 heavy (non-hydrogen) atoms. The summed E-state index contributed by atoms with van der Waals surface area (Å²) in [5, 5.41) is 0. The average Bonchev–Trinajstić information content (AvgIpc) is 2.82. The van der Waals surface area contributed by atoms with Crippen LogP contribution in [0, 0.1) is 5.92 Å². The van der Waals surface area contributed by atoms with Gasteiger partial charge in [-0.3, -0.25) is 0 Å². The molecule has 1 fully saturated rings. The standard InChI is InChI=1S/C18H24O/c1-15-10-11-17(12-15)7-4-3-6-16-8-5-9-18(13-16)14-19-2/h4-5,7-9,13,17H,1,3,6,10-12,14H2,2H3/b7-4+. The van der Waals surface area contributed by atoms with E-state index in [-0.39, 0.29) is 0 Å². The molecule has 0 N–H and O–H groups in total. The normalized spacial score (nSPS) is 19.4. The van der Waals surface area contributed by atoms with Crippen molar-refractivity contribution in [2.24, 2.45) is 5.92 Å². The molecule has 1 aliphatic rings. The van der Waals surface area contributed by atoms with Crippen molar-refractivity contribution in [3.05, 3.63) is 59.7 Å². The summed E-state index contributed by atoms with van der Waals surface area (Å²) in [6.45, 7) is 4.76. The minimum atomic E-state index is 0.702. The van der Waals surface area contributed by atoms with Crippen LogP contribution in [0.25, 0.3) is 0 Å². The minimum Gasteiger partial charge on any atom is -0.380 e. The molecule has 1 heteroatoms. The lowest BCUT2D eigenvalue weighted by Crippen LogP contribution is -1.91. The Hall–Kier alpha value is -1.34. The fourth-order valence-corrected chi connectivity index (χ4v) is 2.71. The molecule has 0 amide bonds. The van der Waals surface area contributed by atoms with E-state index >= 15 is 0 Å². The zero-order chi connectivity index (χ0) is 13.5. The number of allylic oxidation sites excluding steroid dienone is 3. The van der Waals surface area contributed by atoms with Gasteiger partial charge < -0.3 is 4.74 Å². The van der Waals surface area contributed by atoms with E-state index in [9.17, 15) is 0 Å². The van der Waals surface area contributed by atoms with Crippen LogP contribution < -0.4 is 0 Å². The van der Waals surface area contributed by atoms with Crippen molar-refractivity contribution < 1.29 is 4.74 Å². The molecule has 0 aliphatic heterocycles. The van der Waals surface area contributed by atoms with E-state index in [0.29, 0.717) is 6.61 Å². The van der Waals surface area contributed by atoms with Gasteiger partial charge in [-0.25, -0.2) is 0 Å². The van der Waals surface area contributed by atoms with Crippen molar-refractivity contribution in [1.82, 2.24) is 0 Å². The lowest BCUT2D eigenvalue weighted by Gasteiger charge is -2.04. The highest BCUT2D eigenvalue weighted by Crippen LogP contribution is 2.29. The van der Waals surface area contributed by atoms with Gasteiger partial charge in [0.15, 0.2) is 0 Å². The van der Waals surface area contributed by atoms with Gasteiger partial charge in [0.2, 0.25) is 0 Å². The van der Waals surface area contributed by atoms with Crippen molar-refractivity contribution >= 4 is 0 Å². The topological polar surface area (TPSA) is 9.23 Å². The van der Waals surface area contributed by atoms with E-state index in [1.165, 1.54) is 36.0 Å². The SMILES string of the molecule is C=C1CCC(/C=C/CCc2cccc(COC)c2)C1. The van der Waals surface area contributed by atoms with Gasteiger partial charge in [0.25, 0.3) is 0 Å². The van der Waals surface area contributed by atoms with Crippen LogP contribution in [-0.2, 0) is 17.8 Å². The largest absolute Gasteiger partial charge is 0.380 e. The zero-order valence-electron chi connectivity index (χ0n) is 11.9. The number of benzene rings is 1. The number of hydrogen-bond acceptors (Lipinski definition) is 1. The number of ether oxygens (including phenoxy) is 1. The van der Waals surface area contributed by atoms with Gasteiger partial charge in [0, 0.05) is 7.11 Å². The Labute approximate surface area is 117 Å². The summed E-state index contributed by atoms with van der Waals surface area (Å²) in [5.74, 6) is 0.743. The Bertz CT molecular complexity index is 445. The van der Waals surface area contributed by atoms with Crippen molar-refractivity contribution in [2.45, 2.75) is 38.7 Å². The van der Waals surface area contributed by atoms with Crippen LogP contribution in [0.3, 0.4) is 0 Å². The molecule has 102 valence electrons. The van der Waals surface area contributed by atoms with E-state index < -0.39 is 0 Å².